The monoisotopic (exact) mass is 667 g/mol. The van der Waals surface area contributed by atoms with E-state index in [0.29, 0.717) is 11.5 Å². The topological polar surface area (TPSA) is 158 Å². The van der Waals surface area contributed by atoms with Gasteiger partial charge in [-0.15, -0.1) is 0 Å². The Bertz CT molecular complexity index is 1810. The molecule has 0 spiro atoms. The quantitative estimate of drug-likeness (QED) is 0.221. The number of phenols is 1. The van der Waals surface area contributed by atoms with Crippen molar-refractivity contribution in [3.63, 3.8) is 0 Å². The zero-order chi connectivity index (χ0) is 35.8. The van der Waals surface area contributed by atoms with E-state index in [0.717, 1.165) is 47.9 Å². The van der Waals surface area contributed by atoms with Crippen LogP contribution in [-0.4, -0.2) is 55.7 Å². The van der Waals surface area contributed by atoms with E-state index in [2.05, 4.69) is 43.9 Å². The first-order valence-corrected chi connectivity index (χ1v) is 17.6. The van der Waals surface area contributed by atoms with E-state index in [-0.39, 0.29) is 35.6 Å². The molecule has 0 aromatic heterocycles. The number of carbonyl (C=O) groups excluding carboxylic acids is 3. The van der Waals surface area contributed by atoms with Crippen molar-refractivity contribution in [3.05, 3.63) is 64.2 Å². The minimum atomic E-state index is -2.56. The fraction of sp³-hybridized carbons (Fsp3) is 0.537. The molecule has 0 heterocycles. The van der Waals surface area contributed by atoms with Crippen molar-refractivity contribution in [2.24, 2.45) is 40.2 Å². The van der Waals surface area contributed by atoms with Crippen molar-refractivity contribution in [3.8, 4) is 28.7 Å². The Morgan fingerprint density at radius 1 is 1.02 bits per heavy atom. The first-order valence-electron chi connectivity index (χ1n) is 17.6. The van der Waals surface area contributed by atoms with E-state index in [4.69, 9.17) is 5.73 Å². The summed E-state index contributed by atoms with van der Waals surface area (Å²) in [5.41, 5.74) is 5.27. The first kappa shape index (κ1) is 35.1. The van der Waals surface area contributed by atoms with Gasteiger partial charge in [0.25, 0.3) is 0 Å². The molecule has 2 unspecified atom stereocenters. The van der Waals surface area contributed by atoms with Gasteiger partial charge in [0, 0.05) is 5.41 Å². The van der Waals surface area contributed by atoms with Crippen LogP contribution in [-0.2, 0) is 16.0 Å². The third kappa shape index (κ3) is 5.19. The lowest BCUT2D eigenvalue weighted by atomic mass is 9.39. The van der Waals surface area contributed by atoms with Crippen LogP contribution in [0, 0.1) is 46.3 Å². The third-order valence-corrected chi connectivity index (χ3v) is 12.3. The number of ketones is 2. The number of fused-ring (bicyclic) bond motifs is 3. The summed E-state index contributed by atoms with van der Waals surface area (Å²) in [7, 11) is 0. The van der Waals surface area contributed by atoms with Gasteiger partial charge in [-0.25, -0.2) is 0 Å². The summed E-state index contributed by atoms with van der Waals surface area (Å²) in [5, 5.41) is 47.9. The fourth-order valence-electron chi connectivity index (χ4n) is 10.1. The van der Waals surface area contributed by atoms with E-state index in [1.165, 1.54) is 0 Å². The number of amides is 1. The Labute approximate surface area is 288 Å². The largest absolute Gasteiger partial charge is 0.506 e. The summed E-state index contributed by atoms with van der Waals surface area (Å²) in [6.07, 6.45) is 2.94. The number of aliphatic hydroxyl groups excluding tert-OH is 2. The van der Waals surface area contributed by atoms with Crippen molar-refractivity contribution < 1.29 is 34.8 Å². The summed E-state index contributed by atoms with van der Waals surface area (Å²) in [4.78, 5) is 41.5. The summed E-state index contributed by atoms with van der Waals surface area (Å²) >= 11 is 0. The van der Waals surface area contributed by atoms with Gasteiger partial charge in [0.2, 0.25) is 5.91 Å². The molecule has 2 saturated carbocycles. The number of aliphatic hydroxyl groups is 3. The summed E-state index contributed by atoms with van der Waals surface area (Å²) in [5.74, 6) is -0.588. The molecule has 2 aromatic rings. The van der Waals surface area contributed by atoms with Crippen LogP contribution in [0.2, 0.25) is 0 Å². The maximum atomic E-state index is 14.9. The van der Waals surface area contributed by atoms with Gasteiger partial charge in [-0.05, 0) is 95.6 Å². The Balaban J connectivity index is 1.57. The van der Waals surface area contributed by atoms with Crippen LogP contribution in [0.15, 0.2) is 42.0 Å². The highest BCUT2D eigenvalue weighted by molar-refractivity contribution is 6.10. The highest BCUT2D eigenvalue weighted by atomic mass is 16.4. The molecule has 0 saturated heterocycles. The third-order valence-electron chi connectivity index (χ3n) is 12.3. The minimum absolute atomic E-state index is 0.0243. The van der Waals surface area contributed by atoms with E-state index in [1.54, 1.807) is 6.92 Å². The van der Waals surface area contributed by atoms with Gasteiger partial charge < -0.3 is 26.2 Å². The van der Waals surface area contributed by atoms with Crippen molar-refractivity contribution in [2.45, 2.75) is 104 Å². The number of rotatable bonds is 4. The number of aromatic hydroxyl groups is 1. The predicted molar refractivity (Wildman–Crippen MR) is 186 cm³/mol. The highest BCUT2D eigenvalue weighted by Crippen LogP contribution is 2.66. The van der Waals surface area contributed by atoms with Crippen LogP contribution in [0.5, 0.6) is 5.75 Å². The minimum Gasteiger partial charge on any atom is -0.506 e. The van der Waals surface area contributed by atoms with Gasteiger partial charge in [0.05, 0.1) is 23.1 Å². The molecule has 2 fully saturated rings. The molecule has 2 aromatic carbocycles. The summed E-state index contributed by atoms with van der Waals surface area (Å²) in [6, 6.07) is 9.95. The van der Waals surface area contributed by atoms with E-state index in [1.807, 2.05) is 39.0 Å². The van der Waals surface area contributed by atoms with E-state index >= 15 is 0 Å². The van der Waals surface area contributed by atoms with Crippen LogP contribution in [0.25, 0.3) is 11.1 Å². The van der Waals surface area contributed by atoms with Gasteiger partial charge in [0.1, 0.15) is 17.8 Å². The Morgan fingerprint density at radius 2 is 1.69 bits per heavy atom. The smallest absolute Gasteiger partial charge is 0.230 e. The normalized spacial score (nSPS) is 34.0. The predicted octanol–water partition coefficient (Wildman–Crippen LogP) is 5.22. The second-order valence-corrected chi connectivity index (χ2v) is 16.2. The van der Waals surface area contributed by atoms with Gasteiger partial charge in [-0.3, -0.25) is 14.4 Å². The lowest BCUT2D eigenvalue weighted by Crippen LogP contribution is -2.79. The molecule has 6 N–H and O–H groups in total. The van der Waals surface area contributed by atoms with Crippen LogP contribution in [0.3, 0.4) is 0 Å². The standard InChI is InChI=1S/C41H49NO7/c1-21(2)24-14-16-25(17-15-24)27-18-26(13-12-23-10-8-7-9-11-23)33(43)29-28(27)19-39(5)20-40(6)31(22(3)4)35(45)30(38(42)48)36(46)41(40,49)37(47)32(39)34(29)44/h10,14-18,21-22,30-32,35,37,43,45,47,49H,7-9,11,19-20H2,1-6H3,(H2,42,48)/t30-,31+,32-,35?,37?,39-,40-,41+/m1/s1. The number of primary amides is 1. The molecule has 0 radical (unpaired) electrons. The lowest BCUT2D eigenvalue weighted by Gasteiger charge is -2.66. The van der Waals surface area contributed by atoms with Crippen molar-refractivity contribution >= 4 is 17.5 Å². The maximum Gasteiger partial charge on any atom is 0.230 e. The van der Waals surface area contributed by atoms with Crippen LogP contribution < -0.4 is 5.73 Å². The molecule has 49 heavy (non-hydrogen) atoms. The highest BCUT2D eigenvalue weighted by Gasteiger charge is 2.76. The molecular weight excluding hydrogens is 618 g/mol. The Hall–Kier alpha value is -3.77. The fourth-order valence-corrected chi connectivity index (χ4v) is 10.1. The zero-order valence-corrected chi connectivity index (χ0v) is 29.3. The molecule has 6 rings (SSSR count). The number of carbonyl (C=O) groups is 3. The van der Waals surface area contributed by atoms with Crippen LogP contribution >= 0.6 is 0 Å². The number of Topliss-reactive ketones (excluding diaryl/α,β-unsaturated/α-hetero) is 2. The number of phenolic OH excluding ortho intramolecular Hbond substituents is 1. The molecule has 0 bridgehead atoms. The van der Waals surface area contributed by atoms with Crippen molar-refractivity contribution in [1.82, 2.24) is 0 Å². The van der Waals surface area contributed by atoms with Crippen LogP contribution in [0.4, 0.5) is 0 Å². The van der Waals surface area contributed by atoms with Gasteiger partial charge in [-0.2, -0.15) is 0 Å². The number of hydrogen-bond acceptors (Lipinski definition) is 7. The number of benzene rings is 2. The lowest BCUT2D eigenvalue weighted by molar-refractivity contribution is -0.265. The summed E-state index contributed by atoms with van der Waals surface area (Å²) in [6.45, 7) is 11.4. The van der Waals surface area contributed by atoms with Crippen LogP contribution in [0.1, 0.15) is 107 Å². The molecule has 4 aliphatic rings. The zero-order valence-electron chi connectivity index (χ0n) is 29.3. The summed E-state index contributed by atoms with van der Waals surface area (Å²) < 4.78 is 0. The Kier molecular flexibility index (Phi) is 8.75. The molecule has 260 valence electrons. The van der Waals surface area contributed by atoms with Gasteiger partial charge in [-0.1, -0.05) is 83.7 Å². The van der Waals surface area contributed by atoms with Crippen molar-refractivity contribution in [1.29, 1.82) is 0 Å². The second-order valence-electron chi connectivity index (χ2n) is 16.2. The first-order chi connectivity index (χ1) is 23.0. The molecule has 0 aliphatic heterocycles. The number of nitrogens with two attached hydrogens (primary N) is 1. The average molecular weight is 668 g/mol. The van der Waals surface area contributed by atoms with E-state index < -0.39 is 63.9 Å². The SMILES string of the molecule is CC(C)c1ccc(-c2cc(C#CC3=CCCCC3)c(O)c3c2C[C@]2(C)C[C@]4(C)[C@@H](C(C)C)C(O)[C@@H](C(N)=O)C(=O)[C@]4(O)C(O)[C@H]2C3=O)cc1. The van der Waals surface area contributed by atoms with E-state index in [9.17, 15) is 34.8 Å². The van der Waals surface area contributed by atoms with Gasteiger partial charge in [0.15, 0.2) is 17.2 Å². The molecule has 8 heteroatoms. The molecule has 1 amide bonds. The number of allylic oxidation sites excluding steroid dienone is 2. The molecule has 8 nitrogen and oxygen atoms in total. The van der Waals surface area contributed by atoms with Gasteiger partial charge >= 0.3 is 0 Å². The molecule has 4 aliphatic carbocycles. The molecule has 8 atom stereocenters. The maximum absolute atomic E-state index is 14.9. The number of hydrogen-bond donors (Lipinski definition) is 5. The average Bonchev–Trinajstić information content (AvgIpc) is 3.02. The van der Waals surface area contributed by atoms with Crippen molar-refractivity contribution in [2.75, 3.05) is 0 Å². The second kappa shape index (κ2) is 12.2. The molecular formula is C41H49NO7. The Morgan fingerprint density at radius 3 is 2.27 bits per heavy atom.